The predicted molar refractivity (Wildman–Crippen MR) is 65.7 cm³/mol. The Morgan fingerprint density at radius 3 is 2.63 bits per heavy atom. The van der Waals surface area contributed by atoms with Crippen molar-refractivity contribution < 1.29 is 13.2 Å². The number of halogens is 3. The lowest BCUT2D eigenvalue weighted by molar-refractivity contribution is -0.152. The summed E-state index contributed by atoms with van der Waals surface area (Å²) >= 11 is 0. The number of aromatic nitrogens is 2. The third-order valence-corrected chi connectivity index (χ3v) is 3.38. The van der Waals surface area contributed by atoms with Crippen LogP contribution in [0.15, 0.2) is 18.5 Å². The zero-order chi connectivity index (χ0) is 13.7. The molecule has 0 aromatic carbocycles. The summed E-state index contributed by atoms with van der Waals surface area (Å²) in [7, 11) is 0. The first-order valence-electron chi connectivity index (χ1n) is 6.53. The highest BCUT2D eigenvalue weighted by Crippen LogP contribution is 2.21. The van der Waals surface area contributed by atoms with Crippen LogP contribution >= 0.6 is 0 Å². The minimum absolute atomic E-state index is 0.0124. The summed E-state index contributed by atoms with van der Waals surface area (Å²) in [5.74, 6) is 0. The second-order valence-corrected chi connectivity index (χ2v) is 4.84. The van der Waals surface area contributed by atoms with Gasteiger partial charge in [0.05, 0.1) is 13.1 Å². The summed E-state index contributed by atoms with van der Waals surface area (Å²) in [6, 6.07) is 1.79. The van der Waals surface area contributed by atoms with E-state index in [1.54, 1.807) is 28.0 Å². The minimum Gasteiger partial charge on any atom is -0.317 e. The molecule has 0 amide bonds. The van der Waals surface area contributed by atoms with Gasteiger partial charge in [0.25, 0.3) is 0 Å². The van der Waals surface area contributed by atoms with Crippen molar-refractivity contribution in [1.82, 2.24) is 20.0 Å². The lowest BCUT2D eigenvalue weighted by Crippen LogP contribution is -2.48. The lowest BCUT2D eigenvalue weighted by Gasteiger charge is -2.35. The van der Waals surface area contributed by atoms with E-state index >= 15 is 0 Å². The molecule has 0 radical (unpaired) electrons. The number of alkyl halides is 3. The SMILES string of the molecule is FC(F)(F)CN(CCn1cccn1)C1CCNCC1. The summed E-state index contributed by atoms with van der Waals surface area (Å²) in [6.45, 7) is 1.62. The van der Waals surface area contributed by atoms with Gasteiger partial charge in [-0.1, -0.05) is 0 Å². The third kappa shape index (κ3) is 4.83. The van der Waals surface area contributed by atoms with E-state index in [-0.39, 0.29) is 6.04 Å². The molecule has 2 heterocycles. The van der Waals surface area contributed by atoms with Gasteiger partial charge in [0.15, 0.2) is 0 Å². The molecule has 19 heavy (non-hydrogen) atoms. The average Bonchev–Trinajstić information content (AvgIpc) is 2.87. The van der Waals surface area contributed by atoms with Crippen molar-refractivity contribution in [2.45, 2.75) is 31.6 Å². The summed E-state index contributed by atoms with van der Waals surface area (Å²) in [6.07, 6.45) is 0.812. The molecule has 1 aliphatic heterocycles. The fraction of sp³-hybridized carbons (Fsp3) is 0.750. The number of hydrogen-bond donors (Lipinski definition) is 1. The summed E-state index contributed by atoms with van der Waals surface area (Å²) in [5, 5.41) is 7.20. The van der Waals surface area contributed by atoms with Crippen molar-refractivity contribution in [3.8, 4) is 0 Å². The quantitative estimate of drug-likeness (QED) is 0.884. The van der Waals surface area contributed by atoms with Gasteiger partial charge < -0.3 is 5.32 Å². The number of nitrogens with zero attached hydrogens (tertiary/aromatic N) is 3. The van der Waals surface area contributed by atoms with Gasteiger partial charge in [-0.25, -0.2) is 0 Å². The van der Waals surface area contributed by atoms with Crippen LogP contribution in [0.25, 0.3) is 0 Å². The van der Waals surface area contributed by atoms with E-state index in [4.69, 9.17) is 0 Å². The zero-order valence-corrected chi connectivity index (χ0v) is 10.7. The van der Waals surface area contributed by atoms with E-state index in [1.165, 1.54) is 0 Å². The van der Waals surface area contributed by atoms with Crippen LogP contribution in [0.4, 0.5) is 13.2 Å². The van der Waals surface area contributed by atoms with Crippen LogP contribution in [0.1, 0.15) is 12.8 Å². The van der Waals surface area contributed by atoms with Gasteiger partial charge in [-0.05, 0) is 32.0 Å². The van der Waals surface area contributed by atoms with Gasteiger partial charge in [-0.2, -0.15) is 18.3 Å². The van der Waals surface area contributed by atoms with Crippen LogP contribution in [-0.4, -0.2) is 53.1 Å². The lowest BCUT2D eigenvalue weighted by atomic mass is 10.0. The molecule has 1 saturated heterocycles. The Hall–Kier alpha value is -1.08. The molecule has 0 unspecified atom stereocenters. The van der Waals surface area contributed by atoms with E-state index < -0.39 is 12.7 Å². The number of nitrogens with one attached hydrogen (secondary N) is 1. The first kappa shape index (κ1) is 14.3. The standard InChI is InChI=1S/C12H19F3N4/c13-12(14,15)10-18(11-2-5-16-6-3-11)8-9-19-7-1-4-17-19/h1,4,7,11,16H,2-3,5-6,8-10H2. The van der Waals surface area contributed by atoms with E-state index in [0.717, 1.165) is 25.9 Å². The van der Waals surface area contributed by atoms with E-state index in [9.17, 15) is 13.2 Å². The molecule has 4 nitrogen and oxygen atoms in total. The fourth-order valence-corrected chi connectivity index (χ4v) is 2.46. The van der Waals surface area contributed by atoms with Crippen LogP contribution in [0.3, 0.4) is 0 Å². The van der Waals surface area contributed by atoms with Crippen LogP contribution in [0.5, 0.6) is 0 Å². The monoisotopic (exact) mass is 276 g/mol. The van der Waals surface area contributed by atoms with Gasteiger partial charge in [0.2, 0.25) is 0 Å². The first-order valence-corrected chi connectivity index (χ1v) is 6.53. The highest BCUT2D eigenvalue weighted by atomic mass is 19.4. The molecule has 0 spiro atoms. The Labute approximate surface area is 110 Å². The second kappa shape index (κ2) is 6.38. The van der Waals surface area contributed by atoms with Crippen LogP contribution in [0.2, 0.25) is 0 Å². The Kier molecular flexibility index (Phi) is 4.81. The molecule has 0 atom stereocenters. The second-order valence-electron chi connectivity index (χ2n) is 4.84. The van der Waals surface area contributed by atoms with Crippen molar-refractivity contribution in [2.24, 2.45) is 0 Å². The predicted octanol–water partition coefficient (Wildman–Crippen LogP) is 1.50. The summed E-state index contributed by atoms with van der Waals surface area (Å²) in [5.41, 5.74) is 0. The summed E-state index contributed by atoms with van der Waals surface area (Å²) in [4.78, 5) is 1.54. The maximum Gasteiger partial charge on any atom is 0.401 e. The maximum absolute atomic E-state index is 12.6. The van der Waals surface area contributed by atoms with Crippen LogP contribution < -0.4 is 5.32 Å². The molecular weight excluding hydrogens is 257 g/mol. The Morgan fingerprint density at radius 2 is 2.05 bits per heavy atom. The summed E-state index contributed by atoms with van der Waals surface area (Å²) < 4.78 is 39.6. The van der Waals surface area contributed by atoms with Crippen LogP contribution in [-0.2, 0) is 6.54 Å². The Morgan fingerprint density at radius 1 is 1.32 bits per heavy atom. The number of hydrogen-bond acceptors (Lipinski definition) is 3. The topological polar surface area (TPSA) is 33.1 Å². The van der Waals surface area contributed by atoms with Gasteiger partial charge in [0, 0.05) is 25.0 Å². The molecule has 2 rings (SSSR count). The Balaban J connectivity index is 1.92. The normalized spacial score (nSPS) is 18.1. The molecule has 0 saturated carbocycles. The van der Waals surface area contributed by atoms with Crippen molar-refractivity contribution in [3.05, 3.63) is 18.5 Å². The van der Waals surface area contributed by atoms with Gasteiger partial charge in [0.1, 0.15) is 0 Å². The molecule has 0 bridgehead atoms. The molecule has 1 fully saturated rings. The van der Waals surface area contributed by atoms with E-state index in [0.29, 0.717) is 13.1 Å². The largest absolute Gasteiger partial charge is 0.401 e. The van der Waals surface area contributed by atoms with E-state index in [1.807, 2.05) is 0 Å². The Bertz CT molecular complexity index is 358. The van der Waals surface area contributed by atoms with Gasteiger partial charge >= 0.3 is 6.18 Å². The molecule has 1 aromatic heterocycles. The minimum atomic E-state index is -4.14. The van der Waals surface area contributed by atoms with Gasteiger partial charge in [-0.15, -0.1) is 0 Å². The van der Waals surface area contributed by atoms with Crippen molar-refractivity contribution >= 4 is 0 Å². The molecule has 1 aromatic rings. The zero-order valence-electron chi connectivity index (χ0n) is 10.7. The molecule has 1 aliphatic rings. The van der Waals surface area contributed by atoms with Gasteiger partial charge in [-0.3, -0.25) is 9.58 Å². The molecule has 1 N–H and O–H groups in total. The smallest absolute Gasteiger partial charge is 0.317 e. The third-order valence-electron chi connectivity index (χ3n) is 3.38. The van der Waals surface area contributed by atoms with Crippen molar-refractivity contribution in [1.29, 1.82) is 0 Å². The fourth-order valence-electron chi connectivity index (χ4n) is 2.46. The number of rotatable bonds is 5. The number of piperidine rings is 1. The van der Waals surface area contributed by atoms with Crippen molar-refractivity contribution in [2.75, 3.05) is 26.2 Å². The molecule has 108 valence electrons. The average molecular weight is 276 g/mol. The highest BCUT2D eigenvalue weighted by molar-refractivity contribution is 4.81. The molecule has 0 aliphatic carbocycles. The van der Waals surface area contributed by atoms with E-state index in [2.05, 4.69) is 10.4 Å². The molecular formula is C12H19F3N4. The van der Waals surface area contributed by atoms with Crippen molar-refractivity contribution in [3.63, 3.8) is 0 Å². The van der Waals surface area contributed by atoms with Crippen LogP contribution in [0, 0.1) is 0 Å². The molecule has 7 heteroatoms. The highest BCUT2D eigenvalue weighted by Gasteiger charge is 2.34. The maximum atomic E-state index is 12.6. The first-order chi connectivity index (χ1) is 9.04.